The molecule has 1 aliphatic rings. The highest BCUT2D eigenvalue weighted by Crippen LogP contribution is 2.47. The molecule has 3 heteroatoms. The van der Waals surface area contributed by atoms with Crippen LogP contribution in [0.25, 0.3) is 0 Å². The summed E-state index contributed by atoms with van der Waals surface area (Å²) in [6, 6.07) is 0.117. The standard InChI is InChI=1S/C14H29NO2/c1-7-10(2)17-11-8-13(3,4)12(15-16)14(5,6)9-11/h10-12,15-16H,7-9H2,1-6H3. The van der Waals surface area contributed by atoms with Crippen LogP contribution >= 0.6 is 0 Å². The van der Waals surface area contributed by atoms with Crippen molar-refractivity contribution in [3.05, 3.63) is 0 Å². The molecule has 0 aromatic rings. The SMILES string of the molecule is CCC(C)OC1CC(C)(C)C(NO)C(C)(C)C1. The fraction of sp³-hybridized carbons (Fsp3) is 1.00. The second-order valence-electron chi connectivity index (χ2n) is 6.92. The first kappa shape index (κ1) is 14.9. The Hall–Kier alpha value is -0.120. The first-order valence-electron chi connectivity index (χ1n) is 6.78. The second-order valence-corrected chi connectivity index (χ2v) is 6.92. The van der Waals surface area contributed by atoms with Gasteiger partial charge in [-0.3, -0.25) is 0 Å². The zero-order valence-corrected chi connectivity index (χ0v) is 12.2. The highest BCUT2D eigenvalue weighted by Gasteiger charge is 2.47. The van der Waals surface area contributed by atoms with Crippen LogP contribution in [-0.4, -0.2) is 23.5 Å². The third-order valence-electron chi connectivity index (χ3n) is 4.20. The maximum absolute atomic E-state index is 9.39. The molecule has 1 aliphatic carbocycles. The quantitative estimate of drug-likeness (QED) is 0.744. The summed E-state index contributed by atoms with van der Waals surface area (Å²) in [6.45, 7) is 13.1. The number of nitrogens with one attached hydrogen (secondary N) is 1. The predicted octanol–water partition coefficient (Wildman–Crippen LogP) is 3.36. The third kappa shape index (κ3) is 3.43. The Labute approximate surface area is 106 Å². The minimum atomic E-state index is 0.0502. The van der Waals surface area contributed by atoms with Crippen LogP contribution in [0, 0.1) is 10.8 Å². The van der Waals surface area contributed by atoms with Crippen molar-refractivity contribution in [2.45, 2.75) is 79.1 Å². The number of hydrogen-bond acceptors (Lipinski definition) is 3. The van der Waals surface area contributed by atoms with E-state index in [4.69, 9.17) is 4.74 Å². The number of hydroxylamine groups is 1. The molecule has 0 spiro atoms. The highest BCUT2D eigenvalue weighted by molar-refractivity contribution is 5.00. The Morgan fingerprint density at radius 3 is 2.06 bits per heavy atom. The van der Waals surface area contributed by atoms with Crippen molar-refractivity contribution < 1.29 is 9.94 Å². The lowest BCUT2D eigenvalue weighted by molar-refractivity contribution is -0.118. The zero-order chi connectivity index (χ0) is 13.3. The molecule has 1 rings (SSSR count). The van der Waals surface area contributed by atoms with Gasteiger partial charge in [0.25, 0.3) is 0 Å². The van der Waals surface area contributed by atoms with Crippen molar-refractivity contribution in [2.24, 2.45) is 10.8 Å². The first-order valence-corrected chi connectivity index (χ1v) is 6.78. The Morgan fingerprint density at radius 1 is 1.24 bits per heavy atom. The lowest BCUT2D eigenvalue weighted by atomic mass is 9.60. The van der Waals surface area contributed by atoms with Gasteiger partial charge in [-0.25, -0.2) is 5.48 Å². The van der Waals surface area contributed by atoms with Crippen LogP contribution in [0.5, 0.6) is 0 Å². The summed E-state index contributed by atoms with van der Waals surface area (Å²) < 4.78 is 6.10. The van der Waals surface area contributed by atoms with E-state index in [0.717, 1.165) is 19.3 Å². The Kier molecular flexibility index (Phi) is 4.61. The van der Waals surface area contributed by atoms with E-state index in [2.05, 4.69) is 47.0 Å². The van der Waals surface area contributed by atoms with Crippen LogP contribution in [0.2, 0.25) is 0 Å². The average Bonchev–Trinajstić information content (AvgIpc) is 2.14. The van der Waals surface area contributed by atoms with Crippen molar-refractivity contribution in [3.63, 3.8) is 0 Å². The van der Waals surface area contributed by atoms with Gasteiger partial charge in [0.1, 0.15) is 0 Å². The van der Waals surface area contributed by atoms with Gasteiger partial charge in [-0.1, -0.05) is 34.6 Å². The molecule has 17 heavy (non-hydrogen) atoms. The molecule has 0 saturated heterocycles. The third-order valence-corrected chi connectivity index (χ3v) is 4.20. The predicted molar refractivity (Wildman–Crippen MR) is 70.1 cm³/mol. The zero-order valence-electron chi connectivity index (χ0n) is 12.2. The van der Waals surface area contributed by atoms with Gasteiger partial charge in [0.05, 0.1) is 12.2 Å². The van der Waals surface area contributed by atoms with Gasteiger partial charge in [-0.05, 0) is 37.0 Å². The van der Waals surface area contributed by atoms with Crippen LogP contribution < -0.4 is 5.48 Å². The molecule has 3 nitrogen and oxygen atoms in total. The Morgan fingerprint density at radius 2 is 1.71 bits per heavy atom. The molecule has 0 radical (unpaired) electrons. The average molecular weight is 243 g/mol. The lowest BCUT2D eigenvalue weighted by Gasteiger charge is -2.51. The van der Waals surface area contributed by atoms with Crippen LogP contribution in [0.4, 0.5) is 0 Å². The first-order chi connectivity index (χ1) is 7.73. The van der Waals surface area contributed by atoms with E-state index in [1.807, 2.05) is 0 Å². The van der Waals surface area contributed by atoms with E-state index in [1.54, 1.807) is 0 Å². The maximum atomic E-state index is 9.39. The molecule has 0 aliphatic heterocycles. The van der Waals surface area contributed by atoms with Crippen LogP contribution in [0.3, 0.4) is 0 Å². The number of rotatable bonds is 4. The van der Waals surface area contributed by atoms with Gasteiger partial charge >= 0.3 is 0 Å². The monoisotopic (exact) mass is 243 g/mol. The van der Waals surface area contributed by atoms with E-state index in [9.17, 15) is 5.21 Å². The Bertz CT molecular complexity index is 233. The summed E-state index contributed by atoms with van der Waals surface area (Å²) in [4.78, 5) is 0. The molecule has 0 amide bonds. The van der Waals surface area contributed by atoms with E-state index in [1.165, 1.54) is 0 Å². The fourth-order valence-corrected chi connectivity index (χ4v) is 3.41. The van der Waals surface area contributed by atoms with Crippen molar-refractivity contribution in [1.29, 1.82) is 0 Å². The lowest BCUT2D eigenvalue weighted by Crippen LogP contribution is -2.56. The molecule has 1 fully saturated rings. The second kappa shape index (κ2) is 5.25. The molecule has 0 heterocycles. The smallest absolute Gasteiger partial charge is 0.0590 e. The van der Waals surface area contributed by atoms with Gasteiger partial charge < -0.3 is 9.94 Å². The van der Waals surface area contributed by atoms with Gasteiger partial charge in [0.2, 0.25) is 0 Å². The highest BCUT2D eigenvalue weighted by atomic mass is 16.5. The van der Waals surface area contributed by atoms with Crippen LogP contribution in [0.15, 0.2) is 0 Å². The summed E-state index contributed by atoms with van der Waals surface area (Å²) >= 11 is 0. The number of hydrogen-bond donors (Lipinski definition) is 2. The summed E-state index contributed by atoms with van der Waals surface area (Å²) in [7, 11) is 0. The molecule has 0 bridgehead atoms. The van der Waals surface area contributed by atoms with Crippen LogP contribution in [-0.2, 0) is 4.74 Å². The van der Waals surface area contributed by atoms with Crippen molar-refractivity contribution in [2.75, 3.05) is 0 Å². The molecule has 102 valence electrons. The molecule has 1 atom stereocenters. The van der Waals surface area contributed by atoms with Gasteiger partial charge in [0.15, 0.2) is 0 Å². The molecule has 0 aromatic carbocycles. The Balaban J connectivity index is 2.76. The topological polar surface area (TPSA) is 41.5 Å². The van der Waals surface area contributed by atoms with E-state index < -0.39 is 0 Å². The summed E-state index contributed by atoms with van der Waals surface area (Å²) in [5, 5.41) is 9.39. The molecule has 2 N–H and O–H groups in total. The van der Waals surface area contributed by atoms with Gasteiger partial charge in [-0.2, -0.15) is 0 Å². The fourth-order valence-electron chi connectivity index (χ4n) is 3.41. The maximum Gasteiger partial charge on any atom is 0.0590 e. The molecule has 0 aromatic heterocycles. The molecule has 1 saturated carbocycles. The summed E-state index contributed by atoms with van der Waals surface area (Å²) in [5.41, 5.74) is 2.62. The summed E-state index contributed by atoms with van der Waals surface area (Å²) in [5.74, 6) is 0. The van der Waals surface area contributed by atoms with Crippen molar-refractivity contribution in [1.82, 2.24) is 5.48 Å². The normalized spacial score (nSPS) is 33.4. The van der Waals surface area contributed by atoms with Gasteiger partial charge in [-0.15, -0.1) is 0 Å². The van der Waals surface area contributed by atoms with Crippen LogP contribution in [0.1, 0.15) is 60.8 Å². The van der Waals surface area contributed by atoms with Gasteiger partial charge in [0, 0.05) is 6.04 Å². The molecular formula is C14H29NO2. The minimum absolute atomic E-state index is 0.0502. The number of ether oxygens (including phenoxy) is 1. The van der Waals surface area contributed by atoms with Crippen molar-refractivity contribution in [3.8, 4) is 0 Å². The van der Waals surface area contributed by atoms with Crippen molar-refractivity contribution >= 4 is 0 Å². The minimum Gasteiger partial charge on any atom is -0.375 e. The molecular weight excluding hydrogens is 214 g/mol. The van der Waals surface area contributed by atoms with E-state index in [0.29, 0.717) is 12.2 Å². The van der Waals surface area contributed by atoms with E-state index >= 15 is 0 Å². The summed E-state index contributed by atoms with van der Waals surface area (Å²) in [6.07, 6.45) is 3.68. The molecule has 1 unspecified atom stereocenters. The van der Waals surface area contributed by atoms with E-state index in [-0.39, 0.29) is 16.9 Å². The largest absolute Gasteiger partial charge is 0.375 e.